The first-order chi connectivity index (χ1) is 12.1. The number of rotatable bonds is 6. The Labute approximate surface area is 150 Å². The van der Waals surface area contributed by atoms with Gasteiger partial charge in [0.15, 0.2) is 11.5 Å². The van der Waals surface area contributed by atoms with Gasteiger partial charge in [-0.2, -0.15) is 0 Å². The number of nitrogens with one attached hydrogen (secondary N) is 2. The van der Waals surface area contributed by atoms with E-state index in [1.54, 1.807) is 14.2 Å². The molecule has 25 heavy (non-hydrogen) atoms. The van der Waals surface area contributed by atoms with Crippen molar-refractivity contribution >= 4 is 28.4 Å². The van der Waals surface area contributed by atoms with Crippen LogP contribution in [0.1, 0.15) is 16.1 Å². The van der Waals surface area contributed by atoms with E-state index >= 15 is 0 Å². The Bertz CT molecular complexity index is 905. The number of methoxy groups -OCH3 is 2. The number of H-pyrrole nitrogens is 1. The second-order valence-electron chi connectivity index (χ2n) is 5.55. The highest BCUT2D eigenvalue weighted by molar-refractivity contribution is 6.38. The molecule has 0 aliphatic carbocycles. The number of aromatic amines is 1. The molecular formula is C19H19ClN2O3. The summed E-state index contributed by atoms with van der Waals surface area (Å²) in [6.45, 7) is 0.486. The van der Waals surface area contributed by atoms with Crippen molar-refractivity contribution in [2.45, 2.75) is 6.42 Å². The number of carbonyl (C=O) groups excluding carboxylic acids is 1. The average Bonchev–Trinajstić information content (AvgIpc) is 2.98. The molecule has 0 spiro atoms. The Morgan fingerprint density at radius 3 is 2.60 bits per heavy atom. The van der Waals surface area contributed by atoms with Crippen LogP contribution in [0.2, 0.25) is 5.02 Å². The first-order valence-electron chi connectivity index (χ1n) is 7.89. The minimum Gasteiger partial charge on any atom is -0.493 e. The molecule has 3 aromatic rings. The predicted molar refractivity (Wildman–Crippen MR) is 98.9 cm³/mol. The normalized spacial score (nSPS) is 10.7. The van der Waals surface area contributed by atoms with E-state index < -0.39 is 0 Å². The highest BCUT2D eigenvalue weighted by Crippen LogP contribution is 2.28. The lowest BCUT2D eigenvalue weighted by Crippen LogP contribution is -2.26. The summed E-state index contributed by atoms with van der Waals surface area (Å²) >= 11 is 6.30. The van der Waals surface area contributed by atoms with E-state index in [1.807, 2.05) is 42.5 Å². The summed E-state index contributed by atoms with van der Waals surface area (Å²) in [6.07, 6.45) is 0.671. The lowest BCUT2D eigenvalue weighted by molar-refractivity contribution is 0.0950. The van der Waals surface area contributed by atoms with E-state index in [0.717, 1.165) is 16.5 Å². The van der Waals surface area contributed by atoms with Gasteiger partial charge in [-0.25, -0.2) is 0 Å². The van der Waals surface area contributed by atoms with Crippen LogP contribution in [-0.2, 0) is 6.42 Å². The fraction of sp³-hybridized carbons (Fsp3) is 0.211. The average molecular weight is 359 g/mol. The van der Waals surface area contributed by atoms with Gasteiger partial charge in [-0.05, 0) is 30.2 Å². The molecule has 0 saturated heterocycles. The van der Waals surface area contributed by atoms with E-state index in [-0.39, 0.29) is 5.91 Å². The van der Waals surface area contributed by atoms with Crippen molar-refractivity contribution in [1.82, 2.24) is 10.3 Å². The number of halogens is 1. The Morgan fingerprint density at radius 1 is 1.12 bits per heavy atom. The molecule has 0 saturated carbocycles. The van der Waals surface area contributed by atoms with Gasteiger partial charge in [0.2, 0.25) is 0 Å². The summed E-state index contributed by atoms with van der Waals surface area (Å²) < 4.78 is 10.5. The van der Waals surface area contributed by atoms with E-state index in [0.29, 0.717) is 35.2 Å². The molecular weight excluding hydrogens is 340 g/mol. The Balaban J connectivity index is 1.65. The van der Waals surface area contributed by atoms with Crippen molar-refractivity contribution in [3.63, 3.8) is 0 Å². The second kappa shape index (κ2) is 7.49. The number of hydrogen-bond acceptors (Lipinski definition) is 3. The van der Waals surface area contributed by atoms with Gasteiger partial charge in [0, 0.05) is 17.4 Å². The molecule has 6 heteroatoms. The fourth-order valence-electron chi connectivity index (χ4n) is 2.71. The molecule has 0 aliphatic rings. The highest BCUT2D eigenvalue weighted by atomic mass is 35.5. The van der Waals surface area contributed by atoms with Gasteiger partial charge in [0.25, 0.3) is 5.91 Å². The Morgan fingerprint density at radius 2 is 1.88 bits per heavy atom. The van der Waals surface area contributed by atoms with Crippen molar-refractivity contribution in [2.24, 2.45) is 0 Å². The van der Waals surface area contributed by atoms with Gasteiger partial charge in [0.1, 0.15) is 5.69 Å². The molecule has 2 N–H and O–H groups in total. The zero-order chi connectivity index (χ0) is 17.8. The fourth-order valence-corrected chi connectivity index (χ4v) is 3.01. The molecule has 1 aromatic heterocycles. The smallest absolute Gasteiger partial charge is 0.269 e. The molecule has 0 unspecified atom stereocenters. The monoisotopic (exact) mass is 358 g/mol. The standard InChI is InChI=1S/C19H19ClN2O3/c1-24-15-8-7-12(11-16(15)25-2)9-10-21-19(23)18-17(20)13-5-3-4-6-14(13)22-18/h3-8,11,22H,9-10H2,1-2H3,(H,21,23). The van der Waals surface area contributed by atoms with Crippen molar-refractivity contribution in [3.05, 3.63) is 58.7 Å². The summed E-state index contributed by atoms with van der Waals surface area (Å²) in [4.78, 5) is 15.4. The number of para-hydroxylation sites is 1. The maximum absolute atomic E-state index is 12.4. The van der Waals surface area contributed by atoms with E-state index in [4.69, 9.17) is 21.1 Å². The van der Waals surface area contributed by atoms with Crippen molar-refractivity contribution in [1.29, 1.82) is 0 Å². The first kappa shape index (κ1) is 17.2. The number of benzene rings is 2. The van der Waals surface area contributed by atoms with Gasteiger partial charge >= 0.3 is 0 Å². The maximum Gasteiger partial charge on any atom is 0.269 e. The quantitative estimate of drug-likeness (QED) is 0.704. The summed E-state index contributed by atoms with van der Waals surface area (Å²) in [6, 6.07) is 13.3. The summed E-state index contributed by atoms with van der Waals surface area (Å²) in [5, 5.41) is 4.17. The van der Waals surface area contributed by atoms with Gasteiger partial charge in [-0.15, -0.1) is 0 Å². The molecule has 0 radical (unpaired) electrons. The van der Waals surface area contributed by atoms with Gasteiger partial charge < -0.3 is 19.8 Å². The molecule has 130 valence electrons. The van der Waals surface area contributed by atoms with Crippen LogP contribution in [0.25, 0.3) is 10.9 Å². The molecule has 0 bridgehead atoms. The number of carbonyl (C=O) groups is 1. The number of hydrogen-bond donors (Lipinski definition) is 2. The zero-order valence-electron chi connectivity index (χ0n) is 14.1. The molecule has 0 atom stereocenters. The third-order valence-corrected chi connectivity index (χ3v) is 4.41. The summed E-state index contributed by atoms with van der Waals surface area (Å²) in [5.74, 6) is 1.13. The van der Waals surface area contributed by atoms with Crippen LogP contribution in [0.5, 0.6) is 11.5 Å². The molecule has 2 aromatic carbocycles. The van der Waals surface area contributed by atoms with Crippen LogP contribution in [0, 0.1) is 0 Å². The van der Waals surface area contributed by atoms with Crippen molar-refractivity contribution in [2.75, 3.05) is 20.8 Å². The molecule has 0 fully saturated rings. The zero-order valence-corrected chi connectivity index (χ0v) is 14.8. The lowest BCUT2D eigenvalue weighted by Gasteiger charge is -2.10. The van der Waals surface area contributed by atoms with Crippen LogP contribution >= 0.6 is 11.6 Å². The minimum absolute atomic E-state index is 0.221. The van der Waals surface area contributed by atoms with Crippen LogP contribution in [0.15, 0.2) is 42.5 Å². The van der Waals surface area contributed by atoms with Gasteiger partial charge in [-0.3, -0.25) is 4.79 Å². The summed E-state index contributed by atoms with van der Waals surface area (Å²) in [5.41, 5.74) is 2.27. The second-order valence-corrected chi connectivity index (χ2v) is 5.93. The molecule has 1 heterocycles. The minimum atomic E-state index is -0.221. The number of fused-ring (bicyclic) bond motifs is 1. The SMILES string of the molecule is COc1ccc(CCNC(=O)c2[nH]c3ccccc3c2Cl)cc1OC. The largest absolute Gasteiger partial charge is 0.493 e. The summed E-state index contributed by atoms with van der Waals surface area (Å²) in [7, 11) is 3.20. The molecule has 0 aliphatic heterocycles. The van der Waals surface area contributed by atoms with Crippen LogP contribution in [-0.4, -0.2) is 31.7 Å². The molecule has 3 rings (SSSR count). The molecule has 5 nitrogen and oxygen atoms in total. The van der Waals surface area contributed by atoms with Gasteiger partial charge in [-0.1, -0.05) is 35.9 Å². The van der Waals surface area contributed by atoms with E-state index in [2.05, 4.69) is 10.3 Å². The number of ether oxygens (including phenoxy) is 2. The van der Waals surface area contributed by atoms with Crippen LogP contribution in [0.3, 0.4) is 0 Å². The Hall–Kier alpha value is -2.66. The third kappa shape index (κ3) is 3.56. The number of amides is 1. The maximum atomic E-state index is 12.4. The highest BCUT2D eigenvalue weighted by Gasteiger charge is 2.15. The number of aromatic nitrogens is 1. The van der Waals surface area contributed by atoms with E-state index in [9.17, 15) is 4.79 Å². The van der Waals surface area contributed by atoms with Crippen LogP contribution in [0.4, 0.5) is 0 Å². The van der Waals surface area contributed by atoms with E-state index in [1.165, 1.54) is 0 Å². The Kier molecular flexibility index (Phi) is 5.14. The topological polar surface area (TPSA) is 63.3 Å². The van der Waals surface area contributed by atoms with Crippen molar-refractivity contribution in [3.8, 4) is 11.5 Å². The molecule has 1 amide bonds. The third-order valence-electron chi connectivity index (χ3n) is 4.02. The predicted octanol–water partition coefficient (Wildman–Crippen LogP) is 3.81. The van der Waals surface area contributed by atoms with Gasteiger partial charge in [0.05, 0.1) is 19.2 Å². The lowest BCUT2D eigenvalue weighted by atomic mass is 10.1. The first-order valence-corrected chi connectivity index (χ1v) is 8.27. The van der Waals surface area contributed by atoms with Crippen molar-refractivity contribution < 1.29 is 14.3 Å². The van der Waals surface area contributed by atoms with Crippen LogP contribution < -0.4 is 14.8 Å².